The molecule has 476 valence electrons. The van der Waals surface area contributed by atoms with Gasteiger partial charge in [-0.25, -0.2) is 0 Å². The lowest BCUT2D eigenvalue weighted by molar-refractivity contribution is -0.870. The molecule has 0 aliphatic rings. The minimum atomic E-state index is -4.65. The Kier molecular flexibility index (Phi) is 60.2. The predicted molar refractivity (Wildman–Crippen MR) is 355 cm³/mol. The Morgan fingerprint density at radius 3 is 1.02 bits per heavy atom. The summed E-state index contributed by atoms with van der Waals surface area (Å²) in [7, 11) is 1.16. The fraction of sp³-hybridized carbons (Fsp3) is 0.699. The zero-order chi connectivity index (χ0) is 60.5. The molecular formula is C73H126NO8P. The molecule has 0 aromatic rings. The van der Waals surface area contributed by atoms with Gasteiger partial charge in [0.2, 0.25) is 0 Å². The monoisotopic (exact) mass is 1180 g/mol. The predicted octanol–water partition coefficient (Wildman–Crippen LogP) is 21.2. The number of phosphoric ester groups is 1. The van der Waals surface area contributed by atoms with Crippen LogP contribution < -0.4 is 4.89 Å². The first-order chi connectivity index (χ1) is 40.5. The third-order valence-electron chi connectivity index (χ3n) is 14.2. The maximum absolute atomic E-state index is 12.8. The van der Waals surface area contributed by atoms with Crippen molar-refractivity contribution in [1.29, 1.82) is 0 Å². The van der Waals surface area contributed by atoms with Crippen LogP contribution in [0.25, 0.3) is 0 Å². The Morgan fingerprint density at radius 2 is 0.687 bits per heavy atom. The van der Waals surface area contributed by atoms with Crippen molar-refractivity contribution in [3.8, 4) is 0 Å². The summed E-state index contributed by atoms with van der Waals surface area (Å²) in [5.74, 6) is -0.840. The van der Waals surface area contributed by atoms with E-state index in [4.69, 9.17) is 18.5 Å². The summed E-state index contributed by atoms with van der Waals surface area (Å²) in [5, 5.41) is 0. The second kappa shape index (κ2) is 62.9. The summed E-state index contributed by atoms with van der Waals surface area (Å²) in [6.45, 7) is 4.11. The zero-order valence-corrected chi connectivity index (χ0v) is 55.0. The number of esters is 2. The van der Waals surface area contributed by atoms with Gasteiger partial charge in [-0.1, -0.05) is 277 Å². The molecule has 2 unspecified atom stereocenters. The Hall–Kier alpha value is -3.59. The first kappa shape index (κ1) is 79.4. The fourth-order valence-electron chi connectivity index (χ4n) is 9.06. The highest BCUT2D eigenvalue weighted by Crippen LogP contribution is 2.38. The molecule has 0 N–H and O–H groups in total. The van der Waals surface area contributed by atoms with Crippen molar-refractivity contribution in [1.82, 2.24) is 0 Å². The summed E-state index contributed by atoms with van der Waals surface area (Å²) in [4.78, 5) is 38.0. The van der Waals surface area contributed by atoms with Crippen LogP contribution in [0.1, 0.15) is 277 Å². The van der Waals surface area contributed by atoms with Gasteiger partial charge in [-0.15, -0.1) is 0 Å². The molecule has 0 bridgehead atoms. The maximum Gasteiger partial charge on any atom is 0.306 e. The average molecular weight is 1180 g/mol. The summed E-state index contributed by atoms with van der Waals surface area (Å²) >= 11 is 0. The zero-order valence-electron chi connectivity index (χ0n) is 54.1. The van der Waals surface area contributed by atoms with E-state index in [9.17, 15) is 19.0 Å². The Bertz CT molecular complexity index is 1820. The fourth-order valence-corrected chi connectivity index (χ4v) is 9.78. The molecule has 0 rings (SSSR count). The van der Waals surface area contributed by atoms with Gasteiger partial charge in [-0.3, -0.25) is 14.2 Å². The maximum atomic E-state index is 12.8. The quantitative estimate of drug-likeness (QED) is 0.0195. The molecule has 0 spiro atoms. The summed E-state index contributed by atoms with van der Waals surface area (Å²) in [6, 6.07) is 0. The smallest absolute Gasteiger partial charge is 0.306 e. The van der Waals surface area contributed by atoms with Crippen molar-refractivity contribution in [2.24, 2.45) is 0 Å². The van der Waals surface area contributed by atoms with E-state index < -0.39 is 32.5 Å². The second-order valence-corrected chi connectivity index (χ2v) is 24.9. The summed E-state index contributed by atoms with van der Waals surface area (Å²) in [5.41, 5.74) is 0. The molecule has 0 heterocycles. The van der Waals surface area contributed by atoms with Gasteiger partial charge in [0.25, 0.3) is 7.82 Å². The van der Waals surface area contributed by atoms with Gasteiger partial charge in [0.05, 0.1) is 27.7 Å². The van der Waals surface area contributed by atoms with E-state index in [1.165, 1.54) is 135 Å². The minimum absolute atomic E-state index is 0.0356. The molecular weight excluding hydrogens is 1050 g/mol. The molecule has 0 aliphatic heterocycles. The van der Waals surface area contributed by atoms with Crippen LogP contribution in [-0.4, -0.2) is 70.0 Å². The van der Waals surface area contributed by atoms with Crippen molar-refractivity contribution in [3.05, 3.63) is 122 Å². The molecule has 0 radical (unpaired) electrons. The van der Waals surface area contributed by atoms with Crippen molar-refractivity contribution >= 4 is 19.8 Å². The number of unbranched alkanes of at least 4 members (excludes halogenated alkanes) is 27. The van der Waals surface area contributed by atoms with Gasteiger partial charge in [0, 0.05) is 12.8 Å². The van der Waals surface area contributed by atoms with E-state index in [1.54, 1.807) is 0 Å². The number of likely N-dealkylation sites (N-methyl/N-ethyl adjacent to an activating group) is 1. The number of rotatable bonds is 61. The van der Waals surface area contributed by atoms with Crippen molar-refractivity contribution in [2.45, 2.75) is 283 Å². The molecule has 83 heavy (non-hydrogen) atoms. The number of allylic oxidation sites excluding steroid dienone is 20. The molecule has 0 amide bonds. The first-order valence-corrected chi connectivity index (χ1v) is 35.2. The number of ether oxygens (including phenoxy) is 2. The molecule has 9 nitrogen and oxygen atoms in total. The van der Waals surface area contributed by atoms with Gasteiger partial charge in [-0.2, -0.15) is 0 Å². The van der Waals surface area contributed by atoms with Crippen LogP contribution in [-0.2, 0) is 32.7 Å². The van der Waals surface area contributed by atoms with Crippen LogP contribution in [0.2, 0.25) is 0 Å². The van der Waals surface area contributed by atoms with Crippen LogP contribution in [0.15, 0.2) is 122 Å². The van der Waals surface area contributed by atoms with E-state index in [0.29, 0.717) is 17.4 Å². The number of carbonyl (C=O) groups is 2. The van der Waals surface area contributed by atoms with Gasteiger partial charge in [-0.05, 0) is 109 Å². The largest absolute Gasteiger partial charge is 0.756 e. The molecule has 0 fully saturated rings. The van der Waals surface area contributed by atoms with Gasteiger partial charge < -0.3 is 27.9 Å². The van der Waals surface area contributed by atoms with Gasteiger partial charge in [0.15, 0.2) is 6.10 Å². The lowest BCUT2D eigenvalue weighted by Crippen LogP contribution is -2.37. The highest BCUT2D eigenvalue weighted by Gasteiger charge is 2.22. The highest BCUT2D eigenvalue weighted by atomic mass is 31.2. The van der Waals surface area contributed by atoms with E-state index in [1.807, 2.05) is 21.1 Å². The van der Waals surface area contributed by atoms with E-state index >= 15 is 0 Å². The number of nitrogens with zero attached hydrogens (tertiary/aromatic N) is 1. The van der Waals surface area contributed by atoms with E-state index in [0.717, 1.165) is 109 Å². The lowest BCUT2D eigenvalue weighted by Gasteiger charge is -2.28. The molecule has 0 saturated carbocycles. The van der Waals surface area contributed by atoms with Crippen LogP contribution in [0.5, 0.6) is 0 Å². The van der Waals surface area contributed by atoms with Crippen molar-refractivity contribution in [3.63, 3.8) is 0 Å². The van der Waals surface area contributed by atoms with E-state index in [2.05, 4.69) is 135 Å². The van der Waals surface area contributed by atoms with Crippen molar-refractivity contribution < 1.29 is 42.1 Å². The van der Waals surface area contributed by atoms with Crippen molar-refractivity contribution in [2.75, 3.05) is 47.5 Å². The first-order valence-electron chi connectivity index (χ1n) is 33.7. The molecule has 2 atom stereocenters. The number of carbonyl (C=O) groups excluding carboxylic acids is 2. The van der Waals surface area contributed by atoms with Gasteiger partial charge >= 0.3 is 11.9 Å². The SMILES string of the molecule is CC/C=C\C/C=C\C/C=C\C/C=C\C/C=C\C/C=C\C/C=C\C/C=C\CCCCCCCCCCCCCCCCCCC(=O)OC(COC(=O)CCCCCCCCC/C=C\C/C=C\CCCCCC)COP(=O)([O-])OCC[N+](C)(C)C. The Labute approximate surface area is 511 Å². The normalized spacial score (nSPS) is 14.0. The molecule has 0 aromatic carbocycles. The van der Waals surface area contributed by atoms with Crippen LogP contribution >= 0.6 is 7.82 Å². The number of quaternary nitrogens is 1. The number of phosphoric acid groups is 1. The summed E-state index contributed by atoms with van der Waals surface area (Å²) in [6.07, 6.45) is 89.9. The average Bonchev–Trinajstić information content (AvgIpc) is 3.48. The third kappa shape index (κ3) is 67.4. The third-order valence-corrected chi connectivity index (χ3v) is 15.2. The number of hydrogen-bond donors (Lipinski definition) is 0. The minimum Gasteiger partial charge on any atom is -0.756 e. The standard InChI is InChI=1S/C73H126NO8P/c1-6-8-10-12-14-16-18-20-22-24-26-27-28-29-30-31-32-33-34-35-36-37-38-39-40-41-42-43-44-45-46-47-48-50-52-54-56-58-60-62-64-66-73(76)82-71(70-81-83(77,78)80-68-67-74(3,4)5)69-79-72(75)65-63-61-59-57-55-53-51-49-25-23-21-19-17-15-13-11-9-7-2/h8,10,14,16-17,19-20,22-23,25-27,29-30,32-33,35-36,38-39,71H,6-7,9,11-13,15,18,21,24,28,31,34,37,40-70H2,1-5H3/b10-8-,16-14-,19-17-,22-20-,25-23-,27-26-,30-29-,33-32-,36-35-,39-38-. The molecule has 0 saturated heterocycles. The number of hydrogen-bond acceptors (Lipinski definition) is 8. The van der Waals surface area contributed by atoms with E-state index in [-0.39, 0.29) is 26.1 Å². The second-order valence-electron chi connectivity index (χ2n) is 23.5. The topological polar surface area (TPSA) is 111 Å². The lowest BCUT2D eigenvalue weighted by atomic mass is 10.0. The molecule has 0 aromatic heterocycles. The highest BCUT2D eigenvalue weighted by molar-refractivity contribution is 7.45. The molecule has 0 aliphatic carbocycles. The van der Waals surface area contributed by atoms with Crippen LogP contribution in [0, 0.1) is 0 Å². The Balaban J connectivity index is 4.01. The van der Waals surface area contributed by atoms with Crippen LogP contribution in [0.3, 0.4) is 0 Å². The van der Waals surface area contributed by atoms with Gasteiger partial charge in [0.1, 0.15) is 19.8 Å². The summed E-state index contributed by atoms with van der Waals surface area (Å²) < 4.78 is 34.2. The van der Waals surface area contributed by atoms with Crippen LogP contribution in [0.4, 0.5) is 0 Å². The Morgan fingerprint density at radius 1 is 0.386 bits per heavy atom. The molecule has 10 heteroatoms.